The van der Waals surface area contributed by atoms with Crippen LogP contribution in [0.4, 0.5) is 0 Å². The highest BCUT2D eigenvalue weighted by atomic mass is 15.2. The smallest absolute Gasteiger partial charge is 0.0277 e. The lowest BCUT2D eigenvalue weighted by molar-refractivity contribution is 0.0192. The van der Waals surface area contributed by atoms with Gasteiger partial charge in [-0.3, -0.25) is 4.90 Å². The van der Waals surface area contributed by atoms with Gasteiger partial charge in [-0.1, -0.05) is 20.3 Å². The molecule has 0 bridgehead atoms. The molecule has 2 rings (SSSR count). The van der Waals surface area contributed by atoms with E-state index in [1.54, 1.807) is 0 Å². The summed E-state index contributed by atoms with van der Waals surface area (Å²) in [7, 11) is 2.15. The summed E-state index contributed by atoms with van der Waals surface area (Å²) < 4.78 is 0. The molecule has 2 fully saturated rings. The molecule has 1 saturated carbocycles. The monoisotopic (exact) mass is 238 g/mol. The van der Waals surface area contributed by atoms with Crippen LogP contribution in [0.25, 0.3) is 0 Å². The van der Waals surface area contributed by atoms with Gasteiger partial charge in [0, 0.05) is 18.1 Å². The zero-order chi connectivity index (χ0) is 12.4. The molecule has 5 atom stereocenters. The molecule has 5 unspecified atom stereocenters. The van der Waals surface area contributed by atoms with Gasteiger partial charge in [-0.25, -0.2) is 0 Å². The molecular formula is C15H30N2. The standard InChI is InChI=1S/C15H30N2/c1-11-9-12(2)15(14(10-11)16-4)17-8-6-5-7-13(17)3/h11-16H,5-10H2,1-4H3. The molecule has 1 heterocycles. The van der Waals surface area contributed by atoms with Crippen LogP contribution in [-0.4, -0.2) is 36.6 Å². The van der Waals surface area contributed by atoms with Gasteiger partial charge in [-0.05, 0) is 58.0 Å². The van der Waals surface area contributed by atoms with Crippen molar-refractivity contribution < 1.29 is 0 Å². The Morgan fingerprint density at radius 2 is 1.82 bits per heavy atom. The van der Waals surface area contributed by atoms with Crippen LogP contribution in [0.15, 0.2) is 0 Å². The Balaban J connectivity index is 2.09. The number of piperidine rings is 1. The highest BCUT2D eigenvalue weighted by Crippen LogP contribution is 2.35. The minimum absolute atomic E-state index is 0.703. The average molecular weight is 238 g/mol. The summed E-state index contributed by atoms with van der Waals surface area (Å²) in [5, 5.41) is 3.59. The van der Waals surface area contributed by atoms with E-state index in [2.05, 4.69) is 38.0 Å². The van der Waals surface area contributed by atoms with Crippen molar-refractivity contribution in [1.82, 2.24) is 10.2 Å². The molecule has 0 spiro atoms. The molecule has 0 radical (unpaired) electrons. The van der Waals surface area contributed by atoms with E-state index < -0.39 is 0 Å². The topological polar surface area (TPSA) is 15.3 Å². The van der Waals surface area contributed by atoms with E-state index >= 15 is 0 Å². The second-order valence-electron chi connectivity index (χ2n) is 6.52. The Labute approximate surface area is 107 Å². The van der Waals surface area contributed by atoms with Crippen LogP contribution in [-0.2, 0) is 0 Å². The molecule has 1 saturated heterocycles. The third-order valence-electron chi connectivity index (χ3n) is 5.03. The molecule has 1 aliphatic carbocycles. The summed E-state index contributed by atoms with van der Waals surface area (Å²) in [5.74, 6) is 1.73. The Kier molecular flexibility index (Phi) is 4.48. The molecular weight excluding hydrogens is 208 g/mol. The third kappa shape index (κ3) is 2.85. The Morgan fingerprint density at radius 3 is 2.47 bits per heavy atom. The van der Waals surface area contributed by atoms with Crippen LogP contribution in [0.2, 0.25) is 0 Å². The van der Waals surface area contributed by atoms with Crippen molar-refractivity contribution in [2.24, 2.45) is 11.8 Å². The highest BCUT2D eigenvalue weighted by molar-refractivity contribution is 4.95. The Hall–Kier alpha value is -0.0800. The fraction of sp³-hybridized carbons (Fsp3) is 1.00. The fourth-order valence-corrected chi connectivity index (χ4v) is 4.25. The molecule has 2 aliphatic rings. The zero-order valence-corrected chi connectivity index (χ0v) is 12.1. The van der Waals surface area contributed by atoms with Crippen LogP contribution in [0.1, 0.15) is 52.9 Å². The SMILES string of the molecule is CNC1CC(C)CC(C)C1N1CCCCC1C. The van der Waals surface area contributed by atoms with Crippen molar-refractivity contribution in [2.75, 3.05) is 13.6 Å². The van der Waals surface area contributed by atoms with E-state index in [0.29, 0.717) is 6.04 Å². The Morgan fingerprint density at radius 1 is 1.06 bits per heavy atom. The largest absolute Gasteiger partial charge is 0.315 e. The van der Waals surface area contributed by atoms with Crippen molar-refractivity contribution >= 4 is 0 Å². The van der Waals surface area contributed by atoms with Crippen molar-refractivity contribution in [1.29, 1.82) is 0 Å². The second kappa shape index (κ2) is 5.71. The summed E-state index contributed by atoms with van der Waals surface area (Å²) in [4.78, 5) is 2.81. The molecule has 0 amide bonds. The molecule has 0 aromatic carbocycles. The molecule has 1 N–H and O–H groups in total. The van der Waals surface area contributed by atoms with Gasteiger partial charge in [-0.15, -0.1) is 0 Å². The molecule has 1 aliphatic heterocycles. The molecule has 17 heavy (non-hydrogen) atoms. The fourth-order valence-electron chi connectivity index (χ4n) is 4.25. The van der Waals surface area contributed by atoms with Gasteiger partial charge in [0.1, 0.15) is 0 Å². The van der Waals surface area contributed by atoms with Crippen LogP contribution in [0.3, 0.4) is 0 Å². The van der Waals surface area contributed by atoms with E-state index in [1.165, 1.54) is 38.6 Å². The molecule has 2 heteroatoms. The lowest BCUT2D eigenvalue weighted by Crippen LogP contribution is -2.59. The molecule has 2 nitrogen and oxygen atoms in total. The minimum Gasteiger partial charge on any atom is -0.315 e. The summed E-state index contributed by atoms with van der Waals surface area (Å²) in [6.07, 6.45) is 6.99. The van der Waals surface area contributed by atoms with Gasteiger partial charge in [0.25, 0.3) is 0 Å². The second-order valence-corrected chi connectivity index (χ2v) is 6.52. The maximum Gasteiger partial charge on any atom is 0.0277 e. The lowest BCUT2D eigenvalue weighted by Gasteiger charge is -2.49. The van der Waals surface area contributed by atoms with Gasteiger partial charge in [0.2, 0.25) is 0 Å². The van der Waals surface area contributed by atoms with Crippen molar-refractivity contribution in [3.8, 4) is 0 Å². The first kappa shape index (κ1) is 13.4. The number of rotatable bonds is 2. The average Bonchev–Trinajstić information content (AvgIpc) is 2.29. The molecule has 0 aromatic rings. The normalized spacial score (nSPS) is 44.8. The number of likely N-dealkylation sites (tertiary alicyclic amines) is 1. The number of likely N-dealkylation sites (N-methyl/N-ethyl adjacent to an activating group) is 1. The van der Waals surface area contributed by atoms with Crippen LogP contribution >= 0.6 is 0 Å². The van der Waals surface area contributed by atoms with Crippen LogP contribution in [0.5, 0.6) is 0 Å². The first-order valence-electron chi connectivity index (χ1n) is 7.56. The molecule has 100 valence electrons. The van der Waals surface area contributed by atoms with Gasteiger partial charge in [0.15, 0.2) is 0 Å². The summed E-state index contributed by atoms with van der Waals surface area (Å²) in [5.41, 5.74) is 0. The first-order valence-corrected chi connectivity index (χ1v) is 7.56. The zero-order valence-electron chi connectivity index (χ0n) is 12.1. The number of nitrogens with zero attached hydrogens (tertiary/aromatic N) is 1. The van der Waals surface area contributed by atoms with Crippen LogP contribution in [0, 0.1) is 11.8 Å². The number of hydrogen-bond acceptors (Lipinski definition) is 2. The van der Waals surface area contributed by atoms with Gasteiger partial charge in [-0.2, -0.15) is 0 Å². The van der Waals surface area contributed by atoms with Crippen molar-refractivity contribution in [3.63, 3.8) is 0 Å². The quantitative estimate of drug-likeness (QED) is 0.796. The maximum absolute atomic E-state index is 3.59. The predicted octanol–water partition coefficient (Wildman–Crippen LogP) is 2.88. The van der Waals surface area contributed by atoms with Gasteiger partial charge >= 0.3 is 0 Å². The van der Waals surface area contributed by atoms with Crippen LogP contribution < -0.4 is 5.32 Å². The predicted molar refractivity (Wildman–Crippen MR) is 74.2 cm³/mol. The van der Waals surface area contributed by atoms with E-state index in [-0.39, 0.29) is 0 Å². The number of hydrogen-bond donors (Lipinski definition) is 1. The summed E-state index contributed by atoms with van der Waals surface area (Å²) in [6.45, 7) is 8.63. The lowest BCUT2D eigenvalue weighted by atomic mass is 9.75. The highest BCUT2D eigenvalue weighted by Gasteiger charge is 2.39. The van der Waals surface area contributed by atoms with E-state index in [9.17, 15) is 0 Å². The first-order chi connectivity index (χ1) is 8.13. The van der Waals surface area contributed by atoms with Gasteiger partial charge < -0.3 is 5.32 Å². The number of nitrogens with one attached hydrogen (secondary N) is 1. The van der Waals surface area contributed by atoms with Crippen molar-refractivity contribution in [3.05, 3.63) is 0 Å². The molecule has 0 aromatic heterocycles. The van der Waals surface area contributed by atoms with E-state index in [1.807, 2.05) is 0 Å². The summed E-state index contributed by atoms with van der Waals surface area (Å²) >= 11 is 0. The van der Waals surface area contributed by atoms with E-state index in [4.69, 9.17) is 0 Å². The Bertz CT molecular complexity index is 241. The third-order valence-corrected chi connectivity index (χ3v) is 5.03. The summed E-state index contributed by atoms with van der Waals surface area (Å²) in [6, 6.07) is 2.27. The van der Waals surface area contributed by atoms with Gasteiger partial charge in [0.05, 0.1) is 0 Å². The van der Waals surface area contributed by atoms with Crippen molar-refractivity contribution in [2.45, 2.75) is 71.0 Å². The van der Waals surface area contributed by atoms with E-state index in [0.717, 1.165) is 23.9 Å². The maximum atomic E-state index is 3.59. The minimum atomic E-state index is 0.703.